The molecule has 6 nitrogen and oxygen atoms in total. The maximum Gasteiger partial charge on any atom is 0.141 e. The fourth-order valence-corrected chi connectivity index (χ4v) is 7.10. The molecular formula is C46H50N4O2. The van der Waals surface area contributed by atoms with Crippen molar-refractivity contribution in [1.29, 1.82) is 0 Å². The molecule has 0 aliphatic carbocycles. The Morgan fingerprint density at radius 2 is 1.50 bits per heavy atom. The van der Waals surface area contributed by atoms with E-state index in [-0.39, 0.29) is 11.5 Å². The van der Waals surface area contributed by atoms with Crippen LogP contribution in [0.2, 0.25) is 0 Å². The van der Waals surface area contributed by atoms with Crippen LogP contribution in [0, 0.1) is 6.92 Å². The van der Waals surface area contributed by atoms with Gasteiger partial charge in [-0.3, -0.25) is 4.57 Å². The molecular weight excluding hydrogens is 641 g/mol. The lowest BCUT2D eigenvalue weighted by molar-refractivity contribution is 0.242. The van der Waals surface area contributed by atoms with E-state index >= 15 is 0 Å². The zero-order chi connectivity index (χ0) is 36.7. The number of ether oxygens (including phenoxy) is 2. The van der Waals surface area contributed by atoms with Crippen LogP contribution >= 0.6 is 0 Å². The van der Waals surface area contributed by atoms with Gasteiger partial charge in [-0.05, 0) is 87.1 Å². The molecule has 0 saturated carbocycles. The van der Waals surface area contributed by atoms with Crippen LogP contribution in [-0.2, 0) is 11.8 Å². The fourth-order valence-electron chi connectivity index (χ4n) is 7.10. The third-order valence-electron chi connectivity index (χ3n) is 10.2. The smallest absolute Gasteiger partial charge is 0.141 e. The molecule has 0 bridgehead atoms. The van der Waals surface area contributed by atoms with Crippen LogP contribution in [0.4, 0.5) is 0 Å². The summed E-state index contributed by atoms with van der Waals surface area (Å²) in [5.74, 6) is 3.41. The third kappa shape index (κ3) is 6.58. The highest BCUT2D eigenvalue weighted by molar-refractivity contribution is 6.09. The largest absolute Gasteiger partial charge is 0.491 e. The summed E-state index contributed by atoms with van der Waals surface area (Å²) < 4.78 is 17.3. The maximum absolute atomic E-state index is 6.82. The van der Waals surface area contributed by atoms with Gasteiger partial charge in [0.1, 0.15) is 23.1 Å². The van der Waals surface area contributed by atoms with E-state index in [2.05, 4.69) is 143 Å². The average molecular weight is 691 g/mol. The topological polar surface area (TPSA) is 54.1 Å². The van der Waals surface area contributed by atoms with Gasteiger partial charge in [0.05, 0.1) is 34.2 Å². The summed E-state index contributed by atoms with van der Waals surface area (Å²) in [6.45, 7) is 19.8. The Morgan fingerprint density at radius 3 is 2.21 bits per heavy atom. The van der Waals surface area contributed by atoms with Gasteiger partial charge in [0.2, 0.25) is 0 Å². The molecule has 0 saturated heterocycles. The second kappa shape index (κ2) is 14.0. The number of fused-ring (bicyclic) bond motifs is 3. The van der Waals surface area contributed by atoms with Crippen LogP contribution in [0.5, 0.6) is 17.2 Å². The van der Waals surface area contributed by atoms with E-state index in [1.165, 1.54) is 27.9 Å². The monoisotopic (exact) mass is 690 g/mol. The number of pyridine rings is 1. The molecule has 3 aromatic heterocycles. The summed E-state index contributed by atoms with van der Waals surface area (Å²) >= 11 is 0. The molecule has 4 aromatic carbocycles. The van der Waals surface area contributed by atoms with Crippen molar-refractivity contribution in [2.45, 2.75) is 92.6 Å². The molecule has 0 aliphatic rings. The normalized spacial score (nSPS) is 12.1. The Kier molecular flexibility index (Phi) is 9.43. The SMILES string of the molecule is CCc1nn(-c2cc(Oc3ccc4c5ccccc5n(-c5cc(OC(C)C)ccn5)c4c3)cc(C(C)C)c2)c(C(C)(C)CC)c1-c1ccc(C)cc1. The summed E-state index contributed by atoms with van der Waals surface area (Å²) in [5.41, 5.74) is 10.2. The summed E-state index contributed by atoms with van der Waals surface area (Å²) in [7, 11) is 0. The van der Waals surface area contributed by atoms with Crippen molar-refractivity contribution in [3.05, 3.63) is 126 Å². The second-order valence-electron chi connectivity index (χ2n) is 15.1. The third-order valence-corrected chi connectivity index (χ3v) is 10.2. The molecule has 266 valence electrons. The molecule has 3 heterocycles. The molecule has 0 aliphatic heterocycles. The molecule has 0 amide bonds. The van der Waals surface area contributed by atoms with Crippen molar-refractivity contribution in [3.8, 4) is 39.9 Å². The van der Waals surface area contributed by atoms with Crippen LogP contribution in [0.1, 0.15) is 90.2 Å². The molecule has 0 fully saturated rings. The number of aromatic nitrogens is 4. The van der Waals surface area contributed by atoms with Gasteiger partial charge in [-0.2, -0.15) is 5.10 Å². The van der Waals surface area contributed by atoms with Crippen LogP contribution in [0.15, 0.2) is 103 Å². The van der Waals surface area contributed by atoms with E-state index in [0.717, 1.165) is 69.1 Å². The number of benzene rings is 4. The molecule has 52 heavy (non-hydrogen) atoms. The molecule has 0 spiro atoms. The minimum atomic E-state index is -0.126. The number of nitrogens with zero attached hydrogens (tertiary/aromatic N) is 4. The first-order valence-electron chi connectivity index (χ1n) is 18.7. The number of para-hydroxylation sites is 1. The molecule has 0 radical (unpaired) electrons. The van der Waals surface area contributed by atoms with E-state index in [1.54, 1.807) is 0 Å². The average Bonchev–Trinajstić information content (AvgIpc) is 3.68. The Morgan fingerprint density at radius 1 is 0.750 bits per heavy atom. The molecule has 0 atom stereocenters. The zero-order valence-corrected chi connectivity index (χ0v) is 32.0. The van der Waals surface area contributed by atoms with Gasteiger partial charge < -0.3 is 9.47 Å². The van der Waals surface area contributed by atoms with E-state index in [1.807, 2.05) is 32.2 Å². The number of rotatable bonds is 11. The van der Waals surface area contributed by atoms with E-state index < -0.39 is 0 Å². The van der Waals surface area contributed by atoms with Crippen molar-refractivity contribution >= 4 is 21.8 Å². The quantitative estimate of drug-likeness (QED) is 0.136. The minimum Gasteiger partial charge on any atom is -0.491 e. The van der Waals surface area contributed by atoms with Gasteiger partial charge in [0.15, 0.2) is 0 Å². The van der Waals surface area contributed by atoms with Gasteiger partial charge in [-0.15, -0.1) is 0 Å². The zero-order valence-electron chi connectivity index (χ0n) is 32.0. The first-order valence-corrected chi connectivity index (χ1v) is 18.7. The van der Waals surface area contributed by atoms with Crippen LogP contribution < -0.4 is 9.47 Å². The van der Waals surface area contributed by atoms with Crippen molar-refractivity contribution in [2.24, 2.45) is 0 Å². The van der Waals surface area contributed by atoms with Gasteiger partial charge in [-0.1, -0.05) is 89.6 Å². The lowest BCUT2D eigenvalue weighted by Crippen LogP contribution is -2.22. The van der Waals surface area contributed by atoms with E-state index in [9.17, 15) is 0 Å². The van der Waals surface area contributed by atoms with Crippen LogP contribution in [0.25, 0.3) is 44.4 Å². The number of hydrogen-bond acceptors (Lipinski definition) is 4. The lowest BCUT2D eigenvalue weighted by atomic mass is 9.81. The van der Waals surface area contributed by atoms with Gasteiger partial charge >= 0.3 is 0 Å². The minimum absolute atomic E-state index is 0.0634. The summed E-state index contributed by atoms with van der Waals surface area (Å²) in [4.78, 5) is 4.79. The molecule has 7 aromatic rings. The summed E-state index contributed by atoms with van der Waals surface area (Å²) in [6.07, 6.45) is 3.69. The van der Waals surface area contributed by atoms with Gasteiger partial charge in [-0.25, -0.2) is 9.67 Å². The standard InChI is InChI=1S/C46H50N4O2/c1-10-40-44(32-18-16-31(7)17-19-32)45(46(8,9)11-2)50(48-40)34-24-33(29(3)4)25-37(26-34)52-35-20-21-39-38-14-12-13-15-41(38)49(42(39)27-35)43-28-36(22-23-47-43)51-30(5)6/h12-30H,10-11H2,1-9H3. The van der Waals surface area contributed by atoms with Crippen molar-refractivity contribution in [1.82, 2.24) is 19.3 Å². The Hall–Kier alpha value is -5.36. The molecule has 0 N–H and O–H groups in total. The predicted octanol–water partition coefficient (Wildman–Crippen LogP) is 12.3. The first kappa shape index (κ1) is 35.1. The fraction of sp³-hybridized carbons (Fsp3) is 0.304. The molecule has 6 heteroatoms. The van der Waals surface area contributed by atoms with Crippen LogP contribution in [-0.4, -0.2) is 25.4 Å². The Balaban J connectivity index is 1.37. The van der Waals surface area contributed by atoms with Crippen molar-refractivity contribution in [3.63, 3.8) is 0 Å². The Labute approximate surface area is 308 Å². The lowest BCUT2D eigenvalue weighted by Gasteiger charge is -2.27. The number of hydrogen-bond donors (Lipinski definition) is 0. The van der Waals surface area contributed by atoms with Crippen molar-refractivity contribution < 1.29 is 9.47 Å². The first-order chi connectivity index (χ1) is 25.0. The predicted molar refractivity (Wildman–Crippen MR) is 215 cm³/mol. The van der Waals surface area contributed by atoms with Crippen molar-refractivity contribution in [2.75, 3.05) is 0 Å². The van der Waals surface area contributed by atoms with Gasteiger partial charge in [0.25, 0.3) is 0 Å². The molecule has 0 unspecified atom stereocenters. The second-order valence-corrected chi connectivity index (χ2v) is 15.1. The highest BCUT2D eigenvalue weighted by Gasteiger charge is 2.31. The maximum atomic E-state index is 6.82. The molecule has 7 rings (SSSR count). The van der Waals surface area contributed by atoms with E-state index in [4.69, 9.17) is 19.6 Å². The highest BCUT2D eigenvalue weighted by atomic mass is 16.5. The number of aryl methyl sites for hydroxylation is 2. The highest BCUT2D eigenvalue weighted by Crippen LogP contribution is 2.41. The van der Waals surface area contributed by atoms with E-state index in [0.29, 0.717) is 5.92 Å². The summed E-state index contributed by atoms with van der Waals surface area (Å²) in [6, 6.07) is 34.2. The summed E-state index contributed by atoms with van der Waals surface area (Å²) in [5, 5.41) is 7.63. The van der Waals surface area contributed by atoms with Crippen LogP contribution in [0.3, 0.4) is 0 Å². The Bertz CT molecular complexity index is 2380. The van der Waals surface area contributed by atoms with Gasteiger partial charge in [0, 0.05) is 46.1 Å².